The number of aromatic amines is 1. The quantitative estimate of drug-likeness (QED) is 0.582. The van der Waals surface area contributed by atoms with Crippen LogP contribution >= 0.6 is 0 Å². The lowest BCUT2D eigenvalue weighted by molar-refractivity contribution is 0.408. The van der Waals surface area contributed by atoms with Crippen molar-refractivity contribution in [3.63, 3.8) is 0 Å². The van der Waals surface area contributed by atoms with Gasteiger partial charge >= 0.3 is 10.1 Å². The maximum atomic E-state index is 10.0. The SMILES string of the molecule is [O]S(=O)(=O)c1ncc[nH]1. The molecular weight excluding hydrogens is 144 g/mol. The molecule has 0 saturated heterocycles. The van der Waals surface area contributed by atoms with E-state index in [4.69, 9.17) is 0 Å². The minimum absolute atomic E-state index is 0.539. The number of nitrogens with one attached hydrogen (secondary N) is 1. The number of aromatic nitrogens is 2. The zero-order chi connectivity index (χ0) is 6.91. The van der Waals surface area contributed by atoms with E-state index < -0.39 is 15.3 Å². The second-order valence-electron chi connectivity index (χ2n) is 1.35. The second-order valence-corrected chi connectivity index (χ2v) is 2.64. The van der Waals surface area contributed by atoms with Crippen molar-refractivity contribution in [3.05, 3.63) is 12.4 Å². The van der Waals surface area contributed by atoms with Crippen molar-refractivity contribution < 1.29 is 13.0 Å². The maximum absolute atomic E-state index is 10.0. The molecule has 1 heterocycles. The molecule has 1 aromatic heterocycles. The highest BCUT2D eigenvalue weighted by molar-refractivity contribution is 7.85. The Balaban J connectivity index is 3.20. The smallest absolute Gasteiger partial charge is 0.333 e. The van der Waals surface area contributed by atoms with Gasteiger partial charge in [0.25, 0.3) is 5.16 Å². The van der Waals surface area contributed by atoms with Crippen molar-refractivity contribution in [2.75, 3.05) is 0 Å². The number of rotatable bonds is 1. The van der Waals surface area contributed by atoms with E-state index in [0.717, 1.165) is 0 Å². The van der Waals surface area contributed by atoms with Crippen LogP contribution in [0.3, 0.4) is 0 Å². The normalized spacial score (nSPS) is 11.7. The summed E-state index contributed by atoms with van der Waals surface area (Å²) < 4.78 is 30.1. The van der Waals surface area contributed by atoms with Gasteiger partial charge < -0.3 is 4.98 Å². The number of nitrogens with zero attached hydrogens (tertiary/aromatic N) is 1. The van der Waals surface area contributed by atoms with E-state index in [0.29, 0.717) is 0 Å². The lowest BCUT2D eigenvalue weighted by Crippen LogP contribution is -1.97. The predicted molar refractivity (Wildman–Crippen MR) is 26.5 cm³/mol. The molecule has 0 unspecified atom stereocenters. The van der Waals surface area contributed by atoms with Gasteiger partial charge in [-0.05, 0) is 0 Å². The standard InChI is InChI=1S/C3H3N2O3S/c6-9(7,8)3-4-1-2-5-3/h1-2H,(H,4,5). The molecule has 0 fully saturated rings. The molecule has 0 bridgehead atoms. The van der Waals surface area contributed by atoms with Gasteiger partial charge in [-0.25, -0.2) is 4.98 Å². The highest BCUT2D eigenvalue weighted by atomic mass is 32.2. The largest absolute Gasteiger partial charge is 0.358 e. The molecule has 1 rings (SSSR count). The Kier molecular flexibility index (Phi) is 1.26. The highest BCUT2D eigenvalue weighted by Crippen LogP contribution is 1.97. The van der Waals surface area contributed by atoms with E-state index >= 15 is 0 Å². The molecule has 0 saturated carbocycles. The van der Waals surface area contributed by atoms with Crippen LogP contribution in [0.25, 0.3) is 0 Å². The van der Waals surface area contributed by atoms with Gasteiger partial charge in [-0.2, -0.15) is 8.42 Å². The molecular formula is C3H3N2O3S. The van der Waals surface area contributed by atoms with E-state index in [1.807, 2.05) is 0 Å². The van der Waals surface area contributed by atoms with E-state index in [2.05, 4.69) is 9.97 Å². The summed E-state index contributed by atoms with van der Waals surface area (Å²) in [5.41, 5.74) is 0. The average Bonchev–Trinajstić information content (AvgIpc) is 2.08. The van der Waals surface area contributed by atoms with E-state index in [1.165, 1.54) is 12.4 Å². The van der Waals surface area contributed by atoms with E-state index in [1.54, 1.807) is 0 Å². The van der Waals surface area contributed by atoms with Gasteiger partial charge in [-0.3, -0.25) is 0 Å². The number of H-pyrrole nitrogens is 1. The molecule has 0 amide bonds. The monoisotopic (exact) mass is 147 g/mol. The lowest BCUT2D eigenvalue weighted by atomic mass is 11.0. The van der Waals surface area contributed by atoms with Crippen molar-refractivity contribution in [2.24, 2.45) is 0 Å². The first-order valence-corrected chi connectivity index (χ1v) is 3.47. The minimum Gasteiger partial charge on any atom is -0.333 e. The Hall–Kier alpha value is -0.880. The molecule has 0 aromatic carbocycles. The first-order chi connectivity index (χ1) is 4.11. The third-order valence-electron chi connectivity index (χ3n) is 0.710. The van der Waals surface area contributed by atoms with Crippen molar-refractivity contribution in [3.8, 4) is 0 Å². The van der Waals surface area contributed by atoms with Crippen molar-refractivity contribution in [1.82, 2.24) is 9.97 Å². The van der Waals surface area contributed by atoms with Crippen molar-refractivity contribution in [1.29, 1.82) is 0 Å². The molecule has 0 aliphatic carbocycles. The van der Waals surface area contributed by atoms with Crippen LogP contribution in [0.5, 0.6) is 0 Å². The van der Waals surface area contributed by atoms with Gasteiger partial charge in [-0.15, -0.1) is 0 Å². The average molecular weight is 147 g/mol. The molecule has 5 nitrogen and oxygen atoms in total. The third kappa shape index (κ3) is 1.27. The van der Waals surface area contributed by atoms with Gasteiger partial charge in [-0.1, -0.05) is 4.55 Å². The Bertz CT molecular complexity index is 274. The number of hydrogen-bond donors (Lipinski definition) is 1. The molecule has 0 aliphatic rings. The summed E-state index contributed by atoms with van der Waals surface area (Å²) in [6.07, 6.45) is 2.47. The van der Waals surface area contributed by atoms with Crippen LogP contribution in [-0.2, 0) is 14.7 Å². The molecule has 0 aliphatic heterocycles. The zero-order valence-electron chi connectivity index (χ0n) is 4.23. The Morgan fingerprint density at radius 3 is 2.44 bits per heavy atom. The molecule has 1 aromatic rings. The van der Waals surface area contributed by atoms with Crippen LogP contribution in [0.2, 0.25) is 0 Å². The highest BCUT2D eigenvalue weighted by Gasteiger charge is 2.12. The van der Waals surface area contributed by atoms with Gasteiger partial charge in [0.1, 0.15) is 0 Å². The van der Waals surface area contributed by atoms with Crippen LogP contribution in [0.15, 0.2) is 17.6 Å². The van der Waals surface area contributed by atoms with Crippen LogP contribution in [0.4, 0.5) is 0 Å². The molecule has 49 valence electrons. The number of hydrogen-bond acceptors (Lipinski definition) is 3. The molecule has 1 N–H and O–H groups in total. The topological polar surface area (TPSA) is 82.7 Å². The van der Waals surface area contributed by atoms with E-state index in [9.17, 15) is 13.0 Å². The Morgan fingerprint density at radius 1 is 1.56 bits per heavy atom. The van der Waals surface area contributed by atoms with Gasteiger partial charge in [0.2, 0.25) is 0 Å². The molecule has 1 radical (unpaired) electrons. The number of imidazole rings is 1. The maximum Gasteiger partial charge on any atom is 0.358 e. The summed E-state index contributed by atoms with van der Waals surface area (Å²) in [7, 11) is -4.38. The van der Waals surface area contributed by atoms with Gasteiger partial charge in [0.05, 0.1) is 0 Å². The summed E-state index contributed by atoms with van der Waals surface area (Å²) in [5.74, 6) is 0. The lowest BCUT2D eigenvalue weighted by Gasteiger charge is -1.81. The third-order valence-corrected chi connectivity index (χ3v) is 1.41. The van der Waals surface area contributed by atoms with Crippen LogP contribution in [0, 0.1) is 0 Å². The fourth-order valence-electron chi connectivity index (χ4n) is 0.388. The summed E-state index contributed by atoms with van der Waals surface area (Å²) in [6.45, 7) is 0. The fraction of sp³-hybridized carbons (Fsp3) is 0. The fourth-order valence-corrected chi connectivity index (χ4v) is 0.790. The van der Waals surface area contributed by atoms with Crippen LogP contribution < -0.4 is 0 Å². The molecule has 9 heavy (non-hydrogen) atoms. The van der Waals surface area contributed by atoms with Crippen molar-refractivity contribution >= 4 is 10.1 Å². The summed E-state index contributed by atoms with van der Waals surface area (Å²) in [6, 6.07) is 0. The van der Waals surface area contributed by atoms with Gasteiger partial charge in [0, 0.05) is 12.4 Å². The predicted octanol–water partition coefficient (Wildman–Crippen LogP) is -0.471. The van der Waals surface area contributed by atoms with E-state index in [-0.39, 0.29) is 0 Å². The summed E-state index contributed by atoms with van der Waals surface area (Å²) in [5, 5.41) is -0.539. The molecule has 6 heteroatoms. The van der Waals surface area contributed by atoms with Gasteiger partial charge in [0.15, 0.2) is 0 Å². The summed E-state index contributed by atoms with van der Waals surface area (Å²) in [4.78, 5) is 5.40. The van der Waals surface area contributed by atoms with Crippen molar-refractivity contribution in [2.45, 2.75) is 5.16 Å². The van der Waals surface area contributed by atoms with Crippen LogP contribution in [0.1, 0.15) is 0 Å². The van der Waals surface area contributed by atoms with Crippen LogP contribution in [-0.4, -0.2) is 18.4 Å². The first kappa shape index (κ1) is 6.24. The summed E-state index contributed by atoms with van der Waals surface area (Å²) >= 11 is 0. The first-order valence-electron chi connectivity index (χ1n) is 2.06. The molecule has 0 spiro atoms. The Labute approximate surface area is 51.5 Å². The molecule has 0 atom stereocenters. The second kappa shape index (κ2) is 1.82. The Morgan fingerprint density at radius 2 is 2.22 bits per heavy atom. The minimum atomic E-state index is -4.38. The zero-order valence-corrected chi connectivity index (χ0v) is 5.05.